The molecule has 0 spiro atoms. The van der Waals surface area contributed by atoms with Crippen molar-refractivity contribution in [2.75, 3.05) is 28.4 Å². The lowest BCUT2D eigenvalue weighted by Gasteiger charge is -2.05. The van der Waals surface area contributed by atoms with Gasteiger partial charge in [-0.25, -0.2) is 8.78 Å². The number of allylic oxidation sites excluding steroid dienone is 2. The molecule has 0 bridgehead atoms. The zero-order valence-corrected chi connectivity index (χ0v) is 23.6. The van der Waals surface area contributed by atoms with E-state index in [1.54, 1.807) is 89.1 Å². The minimum absolute atomic E-state index is 0.267. The molecule has 0 saturated heterocycles. The number of methoxy groups -OCH3 is 4. The summed E-state index contributed by atoms with van der Waals surface area (Å²) in [5.41, 5.74) is 2.13. The summed E-state index contributed by atoms with van der Waals surface area (Å²) in [5.74, 6) is 1.13. The third kappa shape index (κ3) is 9.45. The highest BCUT2D eigenvalue weighted by molar-refractivity contribution is 6.07. The number of hydrogen-bond donors (Lipinski definition) is 0. The monoisotopic (exact) mass is 572 g/mol. The molecule has 8 heteroatoms. The number of hydrogen-bond acceptors (Lipinski definition) is 6. The third-order valence-corrected chi connectivity index (χ3v) is 5.82. The summed E-state index contributed by atoms with van der Waals surface area (Å²) in [7, 11) is 6.22. The van der Waals surface area contributed by atoms with E-state index in [0.717, 1.165) is 11.1 Å². The van der Waals surface area contributed by atoms with Crippen LogP contribution in [0.15, 0.2) is 97.1 Å². The first kappa shape index (κ1) is 31.3. The maximum absolute atomic E-state index is 13.1. The second kappa shape index (κ2) is 15.5. The van der Waals surface area contributed by atoms with Crippen molar-refractivity contribution in [3.63, 3.8) is 0 Å². The zero-order chi connectivity index (χ0) is 30.5. The lowest BCUT2D eigenvalue weighted by molar-refractivity contribution is 0.103. The average molecular weight is 573 g/mol. The van der Waals surface area contributed by atoms with Crippen molar-refractivity contribution in [2.24, 2.45) is 0 Å². The molecule has 216 valence electrons. The molecule has 0 saturated carbocycles. The quantitative estimate of drug-likeness (QED) is 0.145. The molecule has 0 heterocycles. The normalized spacial score (nSPS) is 10.6. The summed E-state index contributed by atoms with van der Waals surface area (Å²) in [4.78, 5) is 23.9. The molecule has 42 heavy (non-hydrogen) atoms. The lowest BCUT2D eigenvalue weighted by atomic mass is 10.1. The van der Waals surface area contributed by atoms with Crippen LogP contribution in [0, 0.1) is 11.6 Å². The Hall–Kier alpha value is -5.24. The van der Waals surface area contributed by atoms with Gasteiger partial charge in [0.25, 0.3) is 0 Å². The van der Waals surface area contributed by atoms with Gasteiger partial charge in [0.05, 0.1) is 28.4 Å². The fraction of sp³-hybridized carbons (Fsp3) is 0.118. The maximum Gasteiger partial charge on any atom is 0.185 e. The second-order valence-corrected chi connectivity index (χ2v) is 8.71. The van der Waals surface area contributed by atoms with E-state index in [9.17, 15) is 18.4 Å². The van der Waals surface area contributed by atoms with Gasteiger partial charge in [0, 0.05) is 23.3 Å². The molecule has 4 aromatic carbocycles. The molecule has 6 nitrogen and oxygen atoms in total. The van der Waals surface area contributed by atoms with Crippen LogP contribution in [0.1, 0.15) is 31.8 Å². The Morgan fingerprint density at radius 3 is 1.14 bits per heavy atom. The number of benzene rings is 4. The van der Waals surface area contributed by atoms with Gasteiger partial charge in [-0.15, -0.1) is 0 Å². The topological polar surface area (TPSA) is 71.1 Å². The van der Waals surface area contributed by atoms with Gasteiger partial charge < -0.3 is 18.9 Å². The largest absolute Gasteiger partial charge is 0.497 e. The van der Waals surface area contributed by atoms with Gasteiger partial charge in [-0.05, 0) is 71.8 Å². The number of rotatable bonds is 10. The van der Waals surface area contributed by atoms with Gasteiger partial charge >= 0.3 is 0 Å². The van der Waals surface area contributed by atoms with E-state index in [1.165, 1.54) is 48.6 Å². The summed E-state index contributed by atoms with van der Waals surface area (Å²) in [6.45, 7) is 0. The molecule has 0 fully saturated rings. The zero-order valence-electron chi connectivity index (χ0n) is 23.6. The number of carbonyl (C=O) groups excluding carboxylic acids is 2. The van der Waals surface area contributed by atoms with Crippen molar-refractivity contribution in [2.45, 2.75) is 0 Å². The van der Waals surface area contributed by atoms with Crippen molar-refractivity contribution < 1.29 is 37.3 Å². The van der Waals surface area contributed by atoms with Crippen LogP contribution in [0.5, 0.6) is 23.0 Å². The van der Waals surface area contributed by atoms with Gasteiger partial charge in [0.1, 0.15) is 34.6 Å². The van der Waals surface area contributed by atoms with Crippen LogP contribution in [-0.2, 0) is 0 Å². The fourth-order valence-electron chi connectivity index (χ4n) is 3.67. The van der Waals surface area contributed by atoms with E-state index in [4.69, 9.17) is 18.9 Å². The van der Waals surface area contributed by atoms with Crippen LogP contribution >= 0.6 is 0 Å². The van der Waals surface area contributed by atoms with Crippen molar-refractivity contribution in [1.29, 1.82) is 0 Å². The molecule has 0 atom stereocenters. The Labute approximate surface area is 243 Å². The smallest absolute Gasteiger partial charge is 0.185 e. The average Bonchev–Trinajstić information content (AvgIpc) is 3.02. The van der Waals surface area contributed by atoms with Crippen LogP contribution in [0.3, 0.4) is 0 Å². The molecule has 0 aliphatic rings. The molecule has 0 unspecified atom stereocenters. The van der Waals surface area contributed by atoms with Crippen LogP contribution < -0.4 is 18.9 Å². The Bertz CT molecular complexity index is 1430. The Morgan fingerprint density at radius 2 is 0.857 bits per heavy atom. The number of ketones is 2. The molecular weight excluding hydrogens is 542 g/mol. The van der Waals surface area contributed by atoms with Gasteiger partial charge in [0.2, 0.25) is 0 Å². The molecule has 0 N–H and O–H groups in total. The van der Waals surface area contributed by atoms with E-state index in [0.29, 0.717) is 34.1 Å². The van der Waals surface area contributed by atoms with Gasteiger partial charge in [-0.3, -0.25) is 9.59 Å². The SMILES string of the molecule is COc1cc(/C=C/C(=O)c2cccc(F)c2)cc(OC)c1.COc1cc(/C=C/C(=O)c2cccc(F)c2)cc(OC)c1. The first-order chi connectivity index (χ1) is 20.2. The minimum Gasteiger partial charge on any atom is -0.497 e. The Kier molecular flexibility index (Phi) is 11.6. The Balaban J connectivity index is 0.000000230. The van der Waals surface area contributed by atoms with Gasteiger partial charge in [0.15, 0.2) is 11.6 Å². The van der Waals surface area contributed by atoms with Crippen molar-refractivity contribution >= 4 is 23.7 Å². The predicted molar refractivity (Wildman–Crippen MR) is 159 cm³/mol. The van der Waals surface area contributed by atoms with Crippen LogP contribution in [0.25, 0.3) is 12.2 Å². The van der Waals surface area contributed by atoms with E-state index in [-0.39, 0.29) is 11.6 Å². The summed E-state index contributed by atoms with van der Waals surface area (Å²) in [6.07, 6.45) is 6.06. The summed E-state index contributed by atoms with van der Waals surface area (Å²) in [6, 6.07) is 21.8. The van der Waals surface area contributed by atoms with Gasteiger partial charge in [-0.1, -0.05) is 36.4 Å². The lowest BCUT2D eigenvalue weighted by Crippen LogP contribution is -1.94. The second-order valence-electron chi connectivity index (χ2n) is 8.71. The third-order valence-electron chi connectivity index (χ3n) is 5.82. The first-order valence-corrected chi connectivity index (χ1v) is 12.7. The number of halogens is 2. The molecule has 4 rings (SSSR count). The molecule has 0 aromatic heterocycles. The summed E-state index contributed by atoms with van der Waals surface area (Å²) >= 11 is 0. The van der Waals surface area contributed by atoms with Crippen LogP contribution in [0.2, 0.25) is 0 Å². The predicted octanol–water partition coefficient (Wildman–Crippen LogP) is 7.48. The Morgan fingerprint density at radius 1 is 0.524 bits per heavy atom. The summed E-state index contributed by atoms with van der Waals surface area (Å²) < 4.78 is 46.8. The van der Waals surface area contributed by atoms with Crippen molar-refractivity contribution in [3.05, 3.63) is 131 Å². The summed E-state index contributed by atoms with van der Waals surface area (Å²) in [5, 5.41) is 0. The molecule has 0 radical (unpaired) electrons. The van der Waals surface area contributed by atoms with E-state index in [2.05, 4.69) is 0 Å². The van der Waals surface area contributed by atoms with Crippen LogP contribution in [0.4, 0.5) is 8.78 Å². The standard InChI is InChI=1S/2C17H15FO3/c2*1-20-15-8-12(9-16(11-15)21-2)6-7-17(19)13-4-3-5-14(18)10-13/h2*3-11H,1-2H3/b2*7-6+. The van der Waals surface area contributed by atoms with Gasteiger partial charge in [-0.2, -0.15) is 0 Å². The van der Waals surface area contributed by atoms with Crippen LogP contribution in [-0.4, -0.2) is 40.0 Å². The highest BCUT2D eigenvalue weighted by Gasteiger charge is 2.05. The van der Waals surface area contributed by atoms with Crippen molar-refractivity contribution in [3.8, 4) is 23.0 Å². The highest BCUT2D eigenvalue weighted by Crippen LogP contribution is 2.24. The molecular formula is C34H30F2O6. The van der Waals surface area contributed by atoms with E-state index < -0.39 is 11.6 Å². The first-order valence-electron chi connectivity index (χ1n) is 12.7. The minimum atomic E-state index is -0.433. The van der Waals surface area contributed by atoms with Crippen molar-refractivity contribution in [1.82, 2.24) is 0 Å². The number of carbonyl (C=O) groups is 2. The van der Waals surface area contributed by atoms with E-state index >= 15 is 0 Å². The van der Waals surface area contributed by atoms with E-state index in [1.807, 2.05) is 0 Å². The maximum atomic E-state index is 13.1. The molecule has 0 amide bonds. The molecule has 0 aliphatic heterocycles. The molecule has 4 aromatic rings. The highest BCUT2D eigenvalue weighted by atomic mass is 19.1. The molecule has 0 aliphatic carbocycles. The number of ether oxygens (including phenoxy) is 4. The fourth-order valence-corrected chi connectivity index (χ4v) is 3.67.